The standard InChI is InChI=1S/C44H76N7O22P3S/c1-27(69-43-31(54)22-30(53)28(2)70-43)15-13-11-9-7-5-6-8-10-12-14-16-29(52)21-34(56)77-20-19-46-33(55)17-18-47-41(59)38(58)44(3,4)24-68-76(65,66)73-75(63,64)67-23-32-37(72-74(60,61)62)36(57)42(71-32)51-26-50-35-39(45)48-25-49-40(35)51/h25-28,30-32,36-38,42-43,53-54,57-58H,5-24H2,1-4H3,(H,46,55)(H,47,59)(H,63,64)(H,65,66)(H2,45,48,49)(H2,60,61,62)/t27-,28+,30-,31-,32-,36-,37-,38+,42-,43-/m1/s1. The first-order valence-electron chi connectivity index (χ1n) is 25.3. The number of nitrogens with two attached hydrogens (primary N) is 1. The van der Waals surface area contributed by atoms with Crippen molar-refractivity contribution in [3.63, 3.8) is 0 Å². The van der Waals surface area contributed by atoms with Gasteiger partial charge in [-0.3, -0.25) is 37.3 Å². The van der Waals surface area contributed by atoms with Crippen LogP contribution in [0.1, 0.15) is 130 Å². The van der Waals surface area contributed by atoms with Crippen molar-refractivity contribution in [3.05, 3.63) is 12.7 Å². The van der Waals surface area contributed by atoms with Gasteiger partial charge in [0.2, 0.25) is 11.8 Å². The van der Waals surface area contributed by atoms with Crippen molar-refractivity contribution in [2.24, 2.45) is 5.41 Å². The zero-order chi connectivity index (χ0) is 57.1. The topological polar surface area (TPSA) is 440 Å². The Balaban J connectivity index is 1.01. The molecule has 2 fully saturated rings. The van der Waals surface area contributed by atoms with Crippen LogP contribution >= 0.6 is 35.2 Å². The van der Waals surface area contributed by atoms with Gasteiger partial charge in [-0.05, 0) is 26.7 Å². The summed E-state index contributed by atoms with van der Waals surface area (Å²) in [5.41, 5.74) is 4.22. The second kappa shape index (κ2) is 31.3. The molecule has 12 atom stereocenters. The van der Waals surface area contributed by atoms with Gasteiger partial charge in [0.1, 0.15) is 48.1 Å². The van der Waals surface area contributed by atoms with E-state index >= 15 is 0 Å². The van der Waals surface area contributed by atoms with E-state index in [2.05, 4.69) is 34.4 Å². The van der Waals surface area contributed by atoms with Gasteiger partial charge in [-0.25, -0.2) is 28.6 Å². The maximum absolute atomic E-state index is 12.8. The van der Waals surface area contributed by atoms with E-state index in [1.165, 1.54) is 13.8 Å². The molecular formula is C44H76N7O22P3S. The molecule has 0 spiro atoms. The normalized spacial score (nSPS) is 24.5. The molecule has 2 aromatic heterocycles. The van der Waals surface area contributed by atoms with E-state index in [9.17, 15) is 72.9 Å². The molecule has 2 saturated heterocycles. The zero-order valence-electron chi connectivity index (χ0n) is 43.5. The largest absolute Gasteiger partial charge is 0.481 e. The van der Waals surface area contributed by atoms with Gasteiger partial charge in [-0.1, -0.05) is 83.4 Å². The SMILES string of the molecule is C[C@H](CCCCCCCCCCCCC(=O)CC(=O)SCCNC(=O)CCNC(=O)[C@H](O)C(C)(C)COP(=O)(O)OP(=O)(O)OC[C@H]1O[C@@H](n2cnc3c(N)ncnc32)[C@H](O)[C@@H]1OP(=O)(O)O)O[C@@H]1O[C@@H](C)[C@H](O)C[C@H]1O. The Labute approximate surface area is 449 Å². The highest BCUT2D eigenvalue weighted by molar-refractivity contribution is 8.13. The number of amides is 2. The molecule has 0 saturated carbocycles. The number of carbonyl (C=O) groups excluding carboxylic acids is 4. The number of nitrogens with zero attached hydrogens (tertiary/aromatic N) is 4. The summed E-state index contributed by atoms with van der Waals surface area (Å²) in [5, 5.41) is 46.1. The van der Waals surface area contributed by atoms with Gasteiger partial charge in [-0.15, -0.1) is 0 Å². The molecule has 0 aromatic carbocycles. The van der Waals surface area contributed by atoms with Crippen LogP contribution in [0, 0.1) is 5.41 Å². The van der Waals surface area contributed by atoms with Crippen molar-refractivity contribution in [1.82, 2.24) is 30.2 Å². The zero-order valence-corrected chi connectivity index (χ0v) is 47.0. The number of phosphoric acid groups is 3. The summed E-state index contributed by atoms with van der Waals surface area (Å²) in [6.45, 7) is 4.00. The third-order valence-corrected chi connectivity index (χ3v) is 16.5. The number of imidazole rings is 1. The fraction of sp³-hybridized carbons (Fsp3) is 0.795. The number of thioether (sulfide) groups is 1. The Kier molecular flexibility index (Phi) is 27.1. The minimum absolute atomic E-state index is 0.0204. The number of nitrogens with one attached hydrogen (secondary N) is 2. The number of nitrogen functional groups attached to an aromatic ring is 1. The van der Waals surface area contributed by atoms with E-state index in [4.69, 9.17) is 29.0 Å². The second-order valence-corrected chi connectivity index (χ2v) is 25.0. The van der Waals surface area contributed by atoms with Crippen LogP contribution in [0.5, 0.6) is 0 Å². The van der Waals surface area contributed by atoms with E-state index in [1.54, 1.807) is 6.92 Å². The monoisotopic (exact) mass is 1180 g/mol. The molecule has 4 heterocycles. The molecule has 0 bridgehead atoms. The number of aliphatic hydroxyl groups excluding tert-OH is 4. The van der Waals surface area contributed by atoms with Crippen molar-refractivity contribution in [2.75, 3.05) is 37.8 Å². The number of unbranched alkanes of at least 4 members (excludes halogenated alkanes) is 9. The minimum atomic E-state index is -5.60. The fourth-order valence-electron chi connectivity index (χ4n) is 8.13. The molecule has 77 heavy (non-hydrogen) atoms. The molecule has 0 radical (unpaired) electrons. The minimum Gasteiger partial charge on any atom is -0.390 e. The number of ether oxygens (including phenoxy) is 3. The van der Waals surface area contributed by atoms with Crippen LogP contribution in [0.4, 0.5) is 5.82 Å². The maximum Gasteiger partial charge on any atom is 0.481 e. The highest BCUT2D eigenvalue weighted by Crippen LogP contribution is 2.61. The predicted octanol–water partition coefficient (Wildman–Crippen LogP) is 2.57. The number of hydrogen-bond donors (Lipinski definition) is 11. The summed E-state index contributed by atoms with van der Waals surface area (Å²) < 4.78 is 73.9. The predicted molar refractivity (Wildman–Crippen MR) is 274 cm³/mol. The molecule has 29 nitrogen and oxygen atoms in total. The first kappa shape index (κ1) is 66.6. The van der Waals surface area contributed by atoms with Crippen LogP contribution in [-0.4, -0.2) is 169 Å². The molecule has 33 heteroatoms. The number of Topliss-reactive ketones (excluding diaryl/α,β-unsaturated/α-hetero) is 1. The molecule has 2 unspecified atom stereocenters. The number of phosphoric ester groups is 3. The number of rotatable bonds is 36. The van der Waals surface area contributed by atoms with E-state index in [0.29, 0.717) is 12.8 Å². The van der Waals surface area contributed by atoms with Gasteiger partial charge >= 0.3 is 23.5 Å². The molecule has 2 amide bonds. The Morgan fingerprint density at radius 2 is 1.51 bits per heavy atom. The van der Waals surface area contributed by atoms with Gasteiger partial charge in [0.05, 0.1) is 44.3 Å². The van der Waals surface area contributed by atoms with Gasteiger partial charge < -0.3 is 70.6 Å². The van der Waals surface area contributed by atoms with E-state index in [1.807, 2.05) is 6.92 Å². The molecule has 4 rings (SSSR count). The van der Waals surface area contributed by atoms with Gasteiger partial charge in [0, 0.05) is 43.5 Å². The molecule has 2 aromatic rings. The lowest BCUT2D eigenvalue weighted by Crippen LogP contribution is -2.48. The van der Waals surface area contributed by atoms with E-state index in [0.717, 1.165) is 93.2 Å². The summed E-state index contributed by atoms with van der Waals surface area (Å²) in [6.07, 6.45) is 1.86. The third-order valence-electron chi connectivity index (χ3n) is 12.5. The van der Waals surface area contributed by atoms with Gasteiger partial charge in [-0.2, -0.15) is 4.31 Å². The van der Waals surface area contributed by atoms with Crippen molar-refractivity contribution in [1.29, 1.82) is 0 Å². The first-order chi connectivity index (χ1) is 36.1. The van der Waals surface area contributed by atoms with Crippen LogP contribution in [0.25, 0.3) is 11.2 Å². The van der Waals surface area contributed by atoms with E-state index in [-0.39, 0.29) is 78.2 Å². The Bertz CT molecular complexity index is 2370. The third kappa shape index (κ3) is 23.2. The molecule has 2 aliphatic heterocycles. The summed E-state index contributed by atoms with van der Waals surface area (Å²) in [4.78, 5) is 101. The number of fused-ring (bicyclic) bond motifs is 1. The Morgan fingerprint density at radius 1 is 0.870 bits per heavy atom. The first-order valence-corrected chi connectivity index (χ1v) is 30.8. The lowest BCUT2D eigenvalue weighted by atomic mass is 9.87. The Hall–Kier alpha value is -2.93. The summed E-state index contributed by atoms with van der Waals surface area (Å²) >= 11 is 0.918. The van der Waals surface area contributed by atoms with Crippen LogP contribution in [0.15, 0.2) is 12.7 Å². The van der Waals surface area contributed by atoms with Crippen molar-refractivity contribution in [3.8, 4) is 0 Å². The number of aliphatic hydroxyl groups is 4. The Morgan fingerprint density at radius 3 is 2.17 bits per heavy atom. The molecule has 12 N–H and O–H groups in total. The number of ketones is 1. The number of anilines is 1. The van der Waals surface area contributed by atoms with Crippen LogP contribution in [0.3, 0.4) is 0 Å². The molecular weight excluding hydrogens is 1100 g/mol. The average molecular weight is 1180 g/mol. The number of hydrogen-bond acceptors (Lipinski definition) is 23. The number of carbonyl (C=O) groups is 4. The molecule has 0 aliphatic carbocycles. The van der Waals surface area contributed by atoms with Crippen LogP contribution in [0.2, 0.25) is 0 Å². The quantitative estimate of drug-likeness (QED) is 0.0265. The summed E-state index contributed by atoms with van der Waals surface area (Å²) in [5.74, 6) is -1.49. The highest BCUT2D eigenvalue weighted by Gasteiger charge is 2.50. The smallest absolute Gasteiger partial charge is 0.390 e. The van der Waals surface area contributed by atoms with Crippen LogP contribution < -0.4 is 16.4 Å². The van der Waals surface area contributed by atoms with Crippen molar-refractivity contribution >= 4 is 74.9 Å². The van der Waals surface area contributed by atoms with Gasteiger partial charge in [0.25, 0.3) is 0 Å². The molecule has 440 valence electrons. The van der Waals surface area contributed by atoms with Gasteiger partial charge in [0.15, 0.2) is 29.1 Å². The van der Waals surface area contributed by atoms with Crippen molar-refractivity contribution in [2.45, 2.75) is 185 Å². The van der Waals surface area contributed by atoms with Crippen molar-refractivity contribution < 1.29 is 105 Å². The second-order valence-electron chi connectivity index (χ2n) is 19.6. The average Bonchev–Trinajstić information content (AvgIpc) is 3.90. The molecule has 2 aliphatic rings. The fourth-order valence-corrected chi connectivity index (χ4v) is 11.7. The lowest BCUT2D eigenvalue weighted by Gasteiger charge is -2.36. The van der Waals surface area contributed by atoms with Crippen LogP contribution in [-0.2, 0) is 65.0 Å². The number of aromatic nitrogens is 4. The van der Waals surface area contributed by atoms with E-state index < -0.39 is 103 Å². The highest BCUT2D eigenvalue weighted by atomic mass is 32.2. The lowest BCUT2D eigenvalue weighted by molar-refractivity contribution is -0.273. The summed E-state index contributed by atoms with van der Waals surface area (Å²) in [6, 6.07) is 0. The summed E-state index contributed by atoms with van der Waals surface area (Å²) in [7, 11) is -16.5. The maximum atomic E-state index is 12.8.